The molecule has 0 aliphatic carbocycles. The summed E-state index contributed by atoms with van der Waals surface area (Å²) in [5, 5.41) is 3.30. The smallest absolute Gasteiger partial charge is 0.126 e. The van der Waals surface area contributed by atoms with Gasteiger partial charge in [0.1, 0.15) is 5.82 Å². The Balaban J connectivity index is 2.20. The van der Waals surface area contributed by atoms with Gasteiger partial charge in [-0.25, -0.2) is 4.98 Å². The van der Waals surface area contributed by atoms with E-state index in [1.807, 2.05) is 12.3 Å². The van der Waals surface area contributed by atoms with Crippen LogP contribution in [0, 0.1) is 6.92 Å². The van der Waals surface area contributed by atoms with E-state index in [4.69, 9.17) is 4.74 Å². The average molecular weight is 223 g/mol. The van der Waals surface area contributed by atoms with Gasteiger partial charge in [-0.1, -0.05) is 0 Å². The average Bonchev–Trinajstić information content (AvgIpc) is 2.26. The normalized spacial score (nSPS) is 10.8. The second kappa shape index (κ2) is 7.19. The molecule has 0 radical (unpaired) electrons. The van der Waals surface area contributed by atoms with Gasteiger partial charge in [0.05, 0.1) is 6.61 Å². The zero-order valence-corrected chi connectivity index (χ0v) is 10.4. The van der Waals surface area contributed by atoms with E-state index in [2.05, 4.69) is 35.2 Å². The molecule has 1 heterocycles. The second-order valence-electron chi connectivity index (χ2n) is 3.94. The summed E-state index contributed by atoms with van der Waals surface area (Å²) in [6.07, 6.45) is 1.83. The Labute approximate surface area is 97.6 Å². The molecule has 0 aromatic carbocycles. The summed E-state index contributed by atoms with van der Waals surface area (Å²) in [4.78, 5) is 6.47. The fourth-order valence-electron chi connectivity index (χ4n) is 1.37. The van der Waals surface area contributed by atoms with Crippen LogP contribution >= 0.6 is 0 Å². The third kappa shape index (κ3) is 5.09. The second-order valence-corrected chi connectivity index (χ2v) is 3.94. The molecule has 0 saturated heterocycles. The van der Waals surface area contributed by atoms with E-state index in [1.165, 1.54) is 5.56 Å². The third-order valence-corrected chi connectivity index (χ3v) is 2.39. The van der Waals surface area contributed by atoms with Crippen LogP contribution in [0.5, 0.6) is 0 Å². The minimum absolute atomic E-state index is 0.777. The molecule has 0 aliphatic heterocycles. The highest BCUT2D eigenvalue weighted by Crippen LogP contribution is 2.04. The molecule has 0 saturated carbocycles. The number of hydrogen-bond acceptors (Lipinski definition) is 4. The van der Waals surface area contributed by atoms with E-state index >= 15 is 0 Å². The van der Waals surface area contributed by atoms with Crippen LogP contribution in [-0.2, 0) is 4.74 Å². The van der Waals surface area contributed by atoms with Gasteiger partial charge in [-0.3, -0.25) is 0 Å². The van der Waals surface area contributed by atoms with E-state index in [0.717, 1.165) is 32.1 Å². The van der Waals surface area contributed by atoms with Crippen molar-refractivity contribution in [2.24, 2.45) is 0 Å². The highest BCUT2D eigenvalue weighted by molar-refractivity contribution is 5.36. The Hall–Kier alpha value is -1.13. The summed E-state index contributed by atoms with van der Waals surface area (Å²) in [6, 6.07) is 4.05. The molecule has 0 unspecified atom stereocenters. The van der Waals surface area contributed by atoms with Crippen molar-refractivity contribution in [1.82, 2.24) is 9.88 Å². The molecule has 16 heavy (non-hydrogen) atoms. The van der Waals surface area contributed by atoms with Crippen molar-refractivity contribution in [2.45, 2.75) is 6.92 Å². The summed E-state index contributed by atoms with van der Waals surface area (Å²) in [5.74, 6) is 0.945. The van der Waals surface area contributed by atoms with Crippen molar-refractivity contribution in [2.75, 3.05) is 45.7 Å². The Bertz CT molecular complexity index is 304. The van der Waals surface area contributed by atoms with E-state index in [0.29, 0.717) is 0 Å². The lowest BCUT2D eigenvalue weighted by Gasteiger charge is -2.16. The maximum atomic E-state index is 5.02. The predicted octanol–water partition coefficient (Wildman–Crippen LogP) is 1.38. The molecule has 0 bridgehead atoms. The minimum atomic E-state index is 0.777. The Morgan fingerprint density at radius 1 is 1.44 bits per heavy atom. The largest absolute Gasteiger partial charge is 0.383 e. The number of aromatic nitrogens is 1. The molecule has 1 aromatic heterocycles. The summed E-state index contributed by atoms with van der Waals surface area (Å²) in [7, 11) is 3.81. The monoisotopic (exact) mass is 223 g/mol. The standard InChI is InChI=1S/C12H21N3O/c1-11-4-5-13-12(10-11)14-6-7-15(2)8-9-16-3/h4-5,10H,6-9H2,1-3H3,(H,13,14). The molecule has 90 valence electrons. The number of rotatable bonds is 7. The van der Waals surface area contributed by atoms with Crippen LogP contribution in [0.1, 0.15) is 5.56 Å². The van der Waals surface area contributed by atoms with Gasteiger partial charge < -0.3 is 15.0 Å². The van der Waals surface area contributed by atoms with Gasteiger partial charge in [-0.2, -0.15) is 0 Å². The number of pyridine rings is 1. The Kier molecular flexibility index (Phi) is 5.82. The molecular formula is C12H21N3O. The van der Waals surface area contributed by atoms with Gasteiger partial charge in [0, 0.05) is 32.9 Å². The predicted molar refractivity (Wildman–Crippen MR) is 66.8 cm³/mol. The molecule has 1 rings (SSSR count). The maximum Gasteiger partial charge on any atom is 0.126 e. The zero-order chi connectivity index (χ0) is 11.8. The number of nitrogens with one attached hydrogen (secondary N) is 1. The summed E-state index contributed by atoms with van der Waals surface area (Å²) >= 11 is 0. The van der Waals surface area contributed by atoms with Gasteiger partial charge >= 0.3 is 0 Å². The quantitative estimate of drug-likeness (QED) is 0.758. The number of likely N-dealkylation sites (N-methyl/N-ethyl adjacent to an activating group) is 1. The first kappa shape index (κ1) is 12.9. The van der Waals surface area contributed by atoms with Crippen molar-refractivity contribution in [3.63, 3.8) is 0 Å². The molecule has 0 aliphatic rings. The van der Waals surface area contributed by atoms with Gasteiger partial charge in [-0.15, -0.1) is 0 Å². The van der Waals surface area contributed by atoms with Gasteiger partial charge in [0.25, 0.3) is 0 Å². The molecule has 1 N–H and O–H groups in total. The lowest BCUT2D eigenvalue weighted by atomic mass is 10.3. The van der Waals surface area contributed by atoms with E-state index < -0.39 is 0 Å². The van der Waals surface area contributed by atoms with Crippen LogP contribution in [0.2, 0.25) is 0 Å². The highest BCUT2D eigenvalue weighted by atomic mass is 16.5. The highest BCUT2D eigenvalue weighted by Gasteiger charge is 1.98. The first-order valence-corrected chi connectivity index (χ1v) is 5.56. The molecule has 0 fully saturated rings. The molecular weight excluding hydrogens is 202 g/mol. The molecule has 0 atom stereocenters. The van der Waals surface area contributed by atoms with Crippen LogP contribution in [0.4, 0.5) is 5.82 Å². The minimum Gasteiger partial charge on any atom is -0.383 e. The van der Waals surface area contributed by atoms with E-state index in [-0.39, 0.29) is 0 Å². The van der Waals surface area contributed by atoms with Crippen LogP contribution in [0.3, 0.4) is 0 Å². The Morgan fingerprint density at radius 2 is 2.25 bits per heavy atom. The van der Waals surface area contributed by atoms with Gasteiger partial charge in [-0.05, 0) is 31.7 Å². The fourth-order valence-corrected chi connectivity index (χ4v) is 1.37. The summed E-state index contributed by atoms with van der Waals surface area (Å²) in [6.45, 7) is 5.69. The topological polar surface area (TPSA) is 37.4 Å². The van der Waals surface area contributed by atoms with Crippen LogP contribution in [-0.4, -0.2) is 50.3 Å². The third-order valence-electron chi connectivity index (χ3n) is 2.39. The maximum absolute atomic E-state index is 5.02. The first-order chi connectivity index (χ1) is 7.72. The van der Waals surface area contributed by atoms with Crippen molar-refractivity contribution in [3.8, 4) is 0 Å². The lowest BCUT2D eigenvalue weighted by Crippen LogP contribution is -2.28. The van der Waals surface area contributed by atoms with Crippen LogP contribution < -0.4 is 5.32 Å². The van der Waals surface area contributed by atoms with Gasteiger partial charge in [0.15, 0.2) is 0 Å². The number of methoxy groups -OCH3 is 1. The SMILES string of the molecule is COCCN(C)CCNc1cc(C)ccn1. The fraction of sp³-hybridized carbons (Fsp3) is 0.583. The van der Waals surface area contributed by atoms with Crippen molar-refractivity contribution in [3.05, 3.63) is 23.9 Å². The van der Waals surface area contributed by atoms with E-state index in [9.17, 15) is 0 Å². The number of aryl methyl sites for hydroxylation is 1. The first-order valence-electron chi connectivity index (χ1n) is 5.56. The number of anilines is 1. The molecule has 1 aromatic rings. The Morgan fingerprint density at radius 3 is 2.94 bits per heavy atom. The number of ether oxygens (including phenoxy) is 1. The molecule has 4 heteroatoms. The molecule has 0 spiro atoms. The number of hydrogen-bond donors (Lipinski definition) is 1. The van der Waals surface area contributed by atoms with Crippen LogP contribution in [0.25, 0.3) is 0 Å². The number of nitrogens with zero attached hydrogens (tertiary/aromatic N) is 2. The van der Waals surface area contributed by atoms with Crippen LogP contribution in [0.15, 0.2) is 18.3 Å². The van der Waals surface area contributed by atoms with Crippen molar-refractivity contribution >= 4 is 5.82 Å². The van der Waals surface area contributed by atoms with Crippen molar-refractivity contribution in [1.29, 1.82) is 0 Å². The van der Waals surface area contributed by atoms with Crippen molar-refractivity contribution < 1.29 is 4.74 Å². The zero-order valence-electron chi connectivity index (χ0n) is 10.4. The molecule has 4 nitrogen and oxygen atoms in total. The summed E-state index contributed by atoms with van der Waals surface area (Å²) < 4.78 is 5.02. The lowest BCUT2D eigenvalue weighted by molar-refractivity contribution is 0.163. The van der Waals surface area contributed by atoms with E-state index in [1.54, 1.807) is 7.11 Å². The van der Waals surface area contributed by atoms with Gasteiger partial charge in [0.2, 0.25) is 0 Å². The summed E-state index contributed by atoms with van der Waals surface area (Å²) in [5.41, 5.74) is 1.23. The molecule has 0 amide bonds.